The molecule has 1 aliphatic rings. The number of aliphatic hydroxyl groups excluding tert-OH is 3. The van der Waals surface area contributed by atoms with Crippen molar-refractivity contribution in [3.63, 3.8) is 0 Å². The highest BCUT2D eigenvalue weighted by atomic mass is 19.4. The van der Waals surface area contributed by atoms with Crippen molar-refractivity contribution in [1.29, 1.82) is 0 Å². The van der Waals surface area contributed by atoms with Crippen LogP contribution in [0.3, 0.4) is 0 Å². The standard InChI is InChI=1S/C11H11F3N4O4/c12-11(13,14)8-5-9(16-2-15-8)18(3-17-5)10-7(21)6(20)4(1-19)22-10/h2-4,6-7,10,19-21H,1H2/t4-,6-,7-,10?/m1/s1. The largest absolute Gasteiger partial charge is 0.435 e. The van der Waals surface area contributed by atoms with E-state index >= 15 is 0 Å². The second kappa shape index (κ2) is 5.12. The number of imidazole rings is 1. The molecule has 22 heavy (non-hydrogen) atoms. The molecule has 3 rings (SSSR count). The first kappa shape index (κ1) is 15.1. The van der Waals surface area contributed by atoms with Gasteiger partial charge in [-0.2, -0.15) is 13.2 Å². The van der Waals surface area contributed by atoms with Gasteiger partial charge in [0.2, 0.25) is 0 Å². The minimum atomic E-state index is -4.71. The number of hydrogen-bond acceptors (Lipinski definition) is 7. The van der Waals surface area contributed by atoms with E-state index < -0.39 is 48.5 Å². The molecule has 2 aromatic rings. The summed E-state index contributed by atoms with van der Waals surface area (Å²) in [7, 11) is 0. The molecule has 1 unspecified atom stereocenters. The summed E-state index contributed by atoms with van der Waals surface area (Å²) in [4.78, 5) is 10.5. The van der Waals surface area contributed by atoms with Crippen LogP contribution in [0.5, 0.6) is 0 Å². The summed E-state index contributed by atoms with van der Waals surface area (Å²) in [5.74, 6) is 0. The summed E-state index contributed by atoms with van der Waals surface area (Å²) in [6, 6.07) is 0. The van der Waals surface area contributed by atoms with E-state index in [2.05, 4.69) is 15.0 Å². The van der Waals surface area contributed by atoms with Crippen LogP contribution in [0.4, 0.5) is 13.2 Å². The Kier molecular flexibility index (Phi) is 3.51. The van der Waals surface area contributed by atoms with Crippen molar-refractivity contribution in [2.24, 2.45) is 0 Å². The van der Waals surface area contributed by atoms with Crippen LogP contribution in [0.2, 0.25) is 0 Å². The van der Waals surface area contributed by atoms with E-state index in [1.807, 2.05) is 0 Å². The van der Waals surface area contributed by atoms with Gasteiger partial charge in [0.15, 0.2) is 17.6 Å². The molecule has 1 fully saturated rings. The highest BCUT2D eigenvalue weighted by Gasteiger charge is 2.44. The Morgan fingerprint density at radius 3 is 2.50 bits per heavy atom. The fraction of sp³-hybridized carbons (Fsp3) is 0.545. The van der Waals surface area contributed by atoms with Crippen LogP contribution >= 0.6 is 0 Å². The van der Waals surface area contributed by atoms with Gasteiger partial charge < -0.3 is 20.1 Å². The number of alkyl halides is 3. The highest BCUT2D eigenvalue weighted by Crippen LogP contribution is 2.35. The summed E-state index contributed by atoms with van der Waals surface area (Å²) in [6.45, 7) is -0.551. The predicted molar refractivity (Wildman–Crippen MR) is 63.3 cm³/mol. The smallest absolute Gasteiger partial charge is 0.394 e. The molecule has 1 aliphatic heterocycles. The van der Waals surface area contributed by atoms with Crippen LogP contribution < -0.4 is 0 Å². The van der Waals surface area contributed by atoms with Gasteiger partial charge in [-0.05, 0) is 0 Å². The van der Waals surface area contributed by atoms with Crippen LogP contribution in [0, 0.1) is 0 Å². The second-order valence-corrected chi connectivity index (χ2v) is 4.77. The van der Waals surface area contributed by atoms with Gasteiger partial charge in [-0.3, -0.25) is 4.57 Å². The first-order valence-corrected chi connectivity index (χ1v) is 6.21. The number of halogens is 3. The van der Waals surface area contributed by atoms with Crippen LogP contribution in [-0.4, -0.2) is 59.8 Å². The Labute approximate surface area is 120 Å². The van der Waals surface area contributed by atoms with Crippen molar-refractivity contribution in [2.45, 2.75) is 30.7 Å². The van der Waals surface area contributed by atoms with E-state index in [0.717, 1.165) is 17.2 Å². The van der Waals surface area contributed by atoms with Crippen LogP contribution in [0.1, 0.15) is 11.9 Å². The summed E-state index contributed by atoms with van der Waals surface area (Å²) in [5.41, 5.74) is -1.90. The lowest BCUT2D eigenvalue weighted by molar-refractivity contribution is -0.140. The first-order chi connectivity index (χ1) is 10.3. The Balaban J connectivity index is 2.07. The topological polar surface area (TPSA) is 114 Å². The third-order valence-corrected chi connectivity index (χ3v) is 3.42. The highest BCUT2D eigenvalue weighted by molar-refractivity contribution is 5.73. The Hall–Kier alpha value is -1.82. The lowest BCUT2D eigenvalue weighted by Gasteiger charge is -2.16. The maximum atomic E-state index is 12.9. The fourth-order valence-electron chi connectivity index (χ4n) is 2.36. The zero-order chi connectivity index (χ0) is 16.1. The van der Waals surface area contributed by atoms with Gasteiger partial charge in [-0.1, -0.05) is 0 Å². The predicted octanol–water partition coefficient (Wildman–Crippen LogP) is -0.543. The van der Waals surface area contributed by atoms with Gasteiger partial charge in [0.05, 0.1) is 12.9 Å². The number of hydrogen-bond donors (Lipinski definition) is 3. The molecule has 3 N–H and O–H groups in total. The normalized spacial score (nSPS) is 29.4. The Bertz CT molecular complexity index is 692. The van der Waals surface area contributed by atoms with Gasteiger partial charge in [0, 0.05) is 0 Å². The zero-order valence-electron chi connectivity index (χ0n) is 10.8. The summed E-state index contributed by atoms with van der Waals surface area (Å²) < 4.78 is 44.9. The summed E-state index contributed by atoms with van der Waals surface area (Å²) >= 11 is 0. The molecule has 0 aliphatic carbocycles. The number of aliphatic hydroxyl groups is 3. The lowest BCUT2D eigenvalue weighted by atomic mass is 10.1. The molecular formula is C11H11F3N4O4. The molecule has 3 heterocycles. The van der Waals surface area contributed by atoms with Crippen molar-refractivity contribution in [3.8, 4) is 0 Å². The minimum absolute atomic E-state index is 0.197. The molecule has 120 valence electrons. The third-order valence-electron chi connectivity index (χ3n) is 3.42. The average molecular weight is 320 g/mol. The average Bonchev–Trinajstić information content (AvgIpc) is 3.00. The molecule has 0 saturated carbocycles. The van der Waals surface area contributed by atoms with E-state index in [0.29, 0.717) is 0 Å². The van der Waals surface area contributed by atoms with Gasteiger partial charge in [0.25, 0.3) is 0 Å². The molecule has 11 heteroatoms. The monoisotopic (exact) mass is 320 g/mol. The Morgan fingerprint density at radius 2 is 1.91 bits per heavy atom. The van der Waals surface area contributed by atoms with Crippen molar-refractivity contribution in [3.05, 3.63) is 18.3 Å². The molecule has 2 aromatic heterocycles. The maximum Gasteiger partial charge on any atom is 0.435 e. The van der Waals surface area contributed by atoms with E-state index in [1.54, 1.807) is 0 Å². The van der Waals surface area contributed by atoms with E-state index in [-0.39, 0.29) is 5.65 Å². The first-order valence-electron chi connectivity index (χ1n) is 6.21. The minimum Gasteiger partial charge on any atom is -0.394 e. The van der Waals surface area contributed by atoms with Gasteiger partial charge >= 0.3 is 6.18 Å². The maximum absolute atomic E-state index is 12.9. The fourth-order valence-corrected chi connectivity index (χ4v) is 2.36. The summed E-state index contributed by atoms with van der Waals surface area (Å²) in [6.07, 6.45) is -8.06. The van der Waals surface area contributed by atoms with Crippen molar-refractivity contribution < 1.29 is 33.2 Å². The Morgan fingerprint density at radius 1 is 1.18 bits per heavy atom. The molecule has 0 aromatic carbocycles. The second-order valence-electron chi connectivity index (χ2n) is 4.77. The van der Waals surface area contributed by atoms with Crippen molar-refractivity contribution in [2.75, 3.05) is 6.61 Å². The van der Waals surface area contributed by atoms with E-state index in [4.69, 9.17) is 9.84 Å². The number of nitrogens with zero attached hydrogens (tertiary/aromatic N) is 4. The number of ether oxygens (including phenoxy) is 1. The van der Waals surface area contributed by atoms with Gasteiger partial charge in [-0.25, -0.2) is 15.0 Å². The van der Waals surface area contributed by atoms with Crippen molar-refractivity contribution >= 4 is 11.2 Å². The molecular weight excluding hydrogens is 309 g/mol. The van der Waals surface area contributed by atoms with Crippen LogP contribution in [-0.2, 0) is 10.9 Å². The molecule has 8 nitrogen and oxygen atoms in total. The number of aromatic nitrogens is 4. The SMILES string of the molecule is OC[C@H]1OC(n2cnc3c(C(F)(F)F)ncnc32)[C@H](O)[C@@H]1O. The lowest BCUT2D eigenvalue weighted by Crippen LogP contribution is -2.33. The van der Waals surface area contributed by atoms with E-state index in [9.17, 15) is 23.4 Å². The zero-order valence-corrected chi connectivity index (χ0v) is 10.8. The van der Waals surface area contributed by atoms with Gasteiger partial charge in [-0.15, -0.1) is 0 Å². The molecule has 0 bridgehead atoms. The summed E-state index contributed by atoms with van der Waals surface area (Å²) in [5, 5.41) is 28.7. The molecule has 0 radical (unpaired) electrons. The quantitative estimate of drug-likeness (QED) is 0.681. The molecule has 1 saturated heterocycles. The molecule has 4 atom stereocenters. The molecule has 0 spiro atoms. The van der Waals surface area contributed by atoms with Crippen LogP contribution in [0.15, 0.2) is 12.7 Å². The van der Waals surface area contributed by atoms with Crippen molar-refractivity contribution in [1.82, 2.24) is 19.5 Å². The van der Waals surface area contributed by atoms with Gasteiger partial charge in [0.1, 0.15) is 30.2 Å². The third kappa shape index (κ3) is 2.22. The van der Waals surface area contributed by atoms with Crippen LogP contribution in [0.25, 0.3) is 11.2 Å². The van der Waals surface area contributed by atoms with E-state index in [1.165, 1.54) is 0 Å². The molecule has 0 amide bonds. The number of fused-ring (bicyclic) bond motifs is 1. The number of rotatable bonds is 2.